The highest BCUT2D eigenvalue weighted by Crippen LogP contribution is 2.42. The molecule has 3 fully saturated rings. The van der Waals surface area contributed by atoms with E-state index in [9.17, 15) is 53.2 Å². The molecule has 3 aliphatic heterocycles. The molecule has 3 aromatic carbocycles. The van der Waals surface area contributed by atoms with Gasteiger partial charge in [0, 0.05) is 101 Å². The highest BCUT2D eigenvalue weighted by Gasteiger charge is 2.37. The van der Waals surface area contributed by atoms with Crippen LogP contribution in [0.5, 0.6) is 5.75 Å². The van der Waals surface area contributed by atoms with Crippen LogP contribution in [0.15, 0.2) is 156 Å². The molecule has 29 nitrogen and oxygen atoms in total. The Hall–Kier alpha value is -14.8. The van der Waals surface area contributed by atoms with Crippen LogP contribution in [0, 0.1) is 72.5 Å². The van der Waals surface area contributed by atoms with Crippen molar-refractivity contribution in [3.63, 3.8) is 0 Å². The predicted molar refractivity (Wildman–Crippen MR) is 482 cm³/mol. The zero-order valence-corrected chi connectivity index (χ0v) is 73.8. The van der Waals surface area contributed by atoms with E-state index in [0.29, 0.717) is 127 Å². The molecule has 0 spiro atoms. The number of rotatable bonds is 15. The molecule has 35 heteroatoms. The third-order valence-corrected chi connectivity index (χ3v) is 23.4. The van der Waals surface area contributed by atoms with Gasteiger partial charge in [0.2, 0.25) is 17.7 Å². The van der Waals surface area contributed by atoms with Crippen LogP contribution >= 0.6 is 11.6 Å². The lowest BCUT2D eigenvalue weighted by atomic mass is 10.0. The van der Waals surface area contributed by atoms with Gasteiger partial charge in [-0.25, -0.2) is 84.9 Å². The second-order valence-electron chi connectivity index (χ2n) is 32.7. The minimum Gasteiger partial charge on any atom is -0.507 e. The number of nitriles is 2. The van der Waals surface area contributed by atoms with Crippen LogP contribution in [0.2, 0.25) is 5.02 Å². The van der Waals surface area contributed by atoms with Crippen LogP contribution in [0.3, 0.4) is 0 Å². The number of fused-ring (bicyclic) bond motifs is 4. The average Bonchev–Trinajstić information content (AvgIpc) is 1.68. The summed E-state index contributed by atoms with van der Waals surface area (Å²) in [6.07, 6.45) is 5.47. The smallest absolute Gasteiger partial charge is 0.355 e. The number of aromatic hydroxyl groups is 1. The Kier molecular flexibility index (Phi) is 25.7. The van der Waals surface area contributed by atoms with Gasteiger partial charge in [0.25, 0.3) is 0 Å². The lowest BCUT2D eigenvalue weighted by Gasteiger charge is -2.40. The Labute approximate surface area is 742 Å². The molecule has 3 amide bonds. The molecule has 10 aromatic heterocycles. The van der Waals surface area contributed by atoms with E-state index in [0.717, 1.165) is 17.7 Å². The van der Waals surface area contributed by atoms with E-state index in [4.69, 9.17) is 21.6 Å². The van der Waals surface area contributed by atoms with Crippen molar-refractivity contribution in [2.45, 2.75) is 119 Å². The van der Waals surface area contributed by atoms with Crippen LogP contribution in [-0.4, -0.2) is 183 Å². The van der Waals surface area contributed by atoms with Crippen LogP contribution in [0.4, 0.5) is 39.4 Å². The van der Waals surface area contributed by atoms with Gasteiger partial charge in [-0.2, -0.15) is 25.5 Å². The summed E-state index contributed by atoms with van der Waals surface area (Å²) in [6.45, 7) is 36.4. The fourth-order valence-corrected chi connectivity index (χ4v) is 17.1. The second-order valence-corrected chi connectivity index (χ2v) is 33.1. The standard InChI is InChI=1S/C32H32ClFN8O2.C31H29F2N7O3.C31H29F2N7O2/c1-7-24(43)40-12-13-41(18(4)15-40)29-21-14-22(33)27(20-10-8-9-11-23(20)34)37-30(21)42(32(44)38-29)28-19(5)26-31(39(6)16-35-26)36-25(28)17(2)3;1-6-24(42)38-10-11-39(18(5)15-38)29-20-13-22(33)27(25-21(32)8-7-9-23(25)41)36-30(20)40(31(43)37-29)28-17(4)12-19(14-34)35-26(28)16(2)3;1-6-25(41)38-11-12-39(19(5)16-38)29-22-14-24(33)27(21-9-7-8-10-23(21)32)36-30(22)40(31(42)37-29)28-18(4)13-20(15-34)35-26(28)17(2)3/h7-11,14,16-18H,1,12-13,15H2,2-6H3;6-9,12-13,16,18,41H,1,10-11,15H2,2-5H3;6-10,13-14,17,19H,1,11-12,16H2,2-5H3/t2*18-;19-/m000/s1. The van der Waals surface area contributed by atoms with E-state index in [1.807, 2.05) is 103 Å². The maximum atomic E-state index is 15.9. The highest BCUT2D eigenvalue weighted by atomic mass is 35.5. The van der Waals surface area contributed by atoms with Crippen molar-refractivity contribution in [1.82, 2.24) is 82.8 Å². The summed E-state index contributed by atoms with van der Waals surface area (Å²) in [5.41, 5.74) is 3.75. The number of anilines is 3. The minimum atomic E-state index is -0.937. The molecule has 0 saturated carbocycles. The molecule has 0 aliphatic carbocycles. The number of carbonyl (C=O) groups excluding carboxylic acids is 3. The topological polar surface area (TPSA) is 338 Å². The van der Waals surface area contributed by atoms with Crippen LogP contribution < -0.4 is 31.8 Å². The van der Waals surface area contributed by atoms with Crippen molar-refractivity contribution < 1.29 is 41.4 Å². The van der Waals surface area contributed by atoms with Gasteiger partial charge >= 0.3 is 17.1 Å². The van der Waals surface area contributed by atoms with E-state index in [1.165, 1.54) is 80.5 Å². The molecule has 0 bridgehead atoms. The summed E-state index contributed by atoms with van der Waals surface area (Å²) < 4.78 is 82.3. The number of piperazine rings is 3. The minimum absolute atomic E-state index is 0.0395. The molecule has 660 valence electrons. The van der Waals surface area contributed by atoms with Gasteiger partial charge in [-0.05, 0) is 155 Å². The Bertz CT molecular complexity index is 7080. The number of halogens is 6. The molecule has 3 atom stereocenters. The zero-order chi connectivity index (χ0) is 92.9. The summed E-state index contributed by atoms with van der Waals surface area (Å²) in [7, 11) is 1.87. The Morgan fingerprint density at radius 2 is 0.845 bits per heavy atom. The maximum absolute atomic E-state index is 15.9. The van der Waals surface area contributed by atoms with Crippen LogP contribution in [-0.2, 0) is 21.4 Å². The number of amides is 3. The average molecular weight is 1770 g/mol. The normalized spacial score (nSPS) is 15.3. The molecule has 129 heavy (non-hydrogen) atoms. The van der Waals surface area contributed by atoms with Gasteiger partial charge in [0.1, 0.15) is 86.9 Å². The van der Waals surface area contributed by atoms with Crippen LogP contribution in [0.1, 0.15) is 125 Å². The summed E-state index contributed by atoms with van der Waals surface area (Å²) in [6, 6.07) is 25.9. The largest absolute Gasteiger partial charge is 0.507 e. The monoisotopic (exact) mass is 1770 g/mol. The second kappa shape index (κ2) is 36.6. The van der Waals surface area contributed by atoms with Crippen molar-refractivity contribution in [1.29, 1.82) is 10.5 Å². The number of phenols is 1. The highest BCUT2D eigenvalue weighted by molar-refractivity contribution is 6.34. The first kappa shape index (κ1) is 90.4. The lowest BCUT2D eigenvalue weighted by Crippen LogP contribution is -2.54. The van der Waals surface area contributed by atoms with Crippen molar-refractivity contribution in [3.8, 4) is 68.7 Å². The van der Waals surface area contributed by atoms with Crippen molar-refractivity contribution in [3.05, 3.63) is 252 Å². The molecule has 1 N–H and O–H groups in total. The number of imidazole rings is 1. The summed E-state index contributed by atoms with van der Waals surface area (Å²) in [4.78, 5) is 135. The van der Waals surface area contributed by atoms with Gasteiger partial charge in [0.15, 0.2) is 28.4 Å². The number of aryl methyl sites for hydroxylation is 4. The molecule has 13 aromatic rings. The third-order valence-electron chi connectivity index (χ3n) is 23.1. The molecule has 0 radical (unpaired) electrons. The maximum Gasteiger partial charge on any atom is 0.355 e. The summed E-state index contributed by atoms with van der Waals surface area (Å²) in [5, 5.41) is 30.7. The Balaban J connectivity index is 0.000000156. The number of hydrogen-bond donors (Lipinski definition) is 1. The number of carbonyl (C=O) groups is 3. The van der Waals surface area contributed by atoms with E-state index in [-0.39, 0.29) is 132 Å². The van der Waals surface area contributed by atoms with E-state index in [2.05, 4.69) is 59.6 Å². The van der Waals surface area contributed by atoms with Crippen molar-refractivity contribution >= 4 is 91.0 Å². The molecule has 16 rings (SSSR count). The number of hydrogen-bond acceptors (Lipinski definition) is 22. The number of aromatic nitrogens is 14. The van der Waals surface area contributed by atoms with Gasteiger partial charge < -0.3 is 39.1 Å². The van der Waals surface area contributed by atoms with E-state index >= 15 is 13.2 Å². The Morgan fingerprint density at radius 3 is 1.24 bits per heavy atom. The third kappa shape index (κ3) is 17.0. The molecule has 13 heterocycles. The molecular weight excluding hydrogens is 1680 g/mol. The summed E-state index contributed by atoms with van der Waals surface area (Å²) >= 11 is 6.82. The predicted octanol–water partition coefficient (Wildman–Crippen LogP) is 14.2. The van der Waals surface area contributed by atoms with Gasteiger partial charge in [-0.15, -0.1) is 0 Å². The van der Waals surface area contributed by atoms with E-state index < -0.39 is 63.2 Å². The fraction of sp³-hybridized carbons (Fsp3) is 0.298. The number of nitrogens with zero attached hydrogens (tertiary/aromatic N) is 22. The van der Waals surface area contributed by atoms with E-state index in [1.54, 1.807) is 76.2 Å². The molecule has 3 saturated heterocycles. The SMILES string of the molecule is C=CC(=O)N1CCN(c2nc(=O)n(-c3c(C(C)C)nc4c(ncn4C)c3C)c3nc(-c4ccccc4F)c(Cl)cc23)[C@@H](C)C1.C=CC(=O)N1CCN(c2nc(=O)n(-c3c(C)cc(C#N)nc3C(C)C)c3nc(-c4c(O)cccc4F)c(F)cc23)[C@@H](C)C1.C=CC(=O)N1CCN(c2nc(=O)n(-c3c(C)cc(C#N)nc3C(C)C)c3nc(-c4ccccc4F)c(F)cc23)[C@@H](C)C1. The molecule has 3 aliphatic rings. The Morgan fingerprint density at radius 1 is 0.473 bits per heavy atom. The number of phenolic OH excluding ortho intramolecular Hbond substituents is 1. The van der Waals surface area contributed by atoms with Crippen molar-refractivity contribution in [2.75, 3.05) is 73.6 Å². The first-order chi connectivity index (χ1) is 61.5. The van der Waals surface area contributed by atoms with Crippen molar-refractivity contribution in [2.24, 2.45) is 7.05 Å². The lowest BCUT2D eigenvalue weighted by molar-refractivity contribution is -0.127. The molecule has 0 unspecified atom stereocenters. The van der Waals surface area contributed by atoms with Crippen LogP contribution in [0.25, 0.3) is 95.1 Å². The fourth-order valence-electron chi connectivity index (χ4n) is 16.8. The first-order valence-electron chi connectivity index (χ1n) is 41.6. The summed E-state index contributed by atoms with van der Waals surface area (Å²) in [5.74, 6) is -4.65. The zero-order valence-electron chi connectivity index (χ0n) is 73.0. The number of benzene rings is 3. The number of pyridine rings is 6. The quantitative estimate of drug-likeness (QED) is 0.0736. The molecular formula is C94H90ClF5N22O7. The van der Waals surface area contributed by atoms with Gasteiger partial charge in [-0.1, -0.05) is 103 Å². The first-order valence-corrected chi connectivity index (χ1v) is 42.0. The van der Waals surface area contributed by atoms with Gasteiger partial charge in [0.05, 0.1) is 72.9 Å². The van der Waals surface area contributed by atoms with Gasteiger partial charge in [-0.3, -0.25) is 14.4 Å².